The van der Waals surface area contributed by atoms with E-state index in [9.17, 15) is 0 Å². The second kappa shape index (κ2) is 5.50. The molecular formula is C16H34N2. The Balaban J connectivity index is 2.82. The van der Waals surface area contributed by atoms with Crippen LogP contribution in [0.2, 0.25) is 0 Å². The Hall–Kier alpha value is -0.0800. The van der Waals surface area contributed by atoms with E-state index in [4.69, 9.17) is 0 Å². The van der Waals surface area contributed by atoms with Crippen LogP contribution in [0, 0.1) is 10.8 Å². The van der Waals surface area contributed by atoms with Crippen LogP contribution in [-0.4, -0.2) is 37.1 Å². The van der Waals surface area contributed by atoms with Crippen LogP contribution in [0.15, 0.2) is 0 Å². The zero-order valence-electron chi connectivity index (χ0n) is 13.8. The molecule has 0 amide bonds. The first-order valence-electron chi connectivity index (χ1n) is 7.48. The molecule has 2 nitrogen and oxygen atoms in total. The van der Waals surface area contributed by atoms with Gasteiger partial charge in [0.15, 0.2) is 0 Å². The first-order valence-corrected chi connectivity index (χ1v) is 7.48. The predicted octanol–water partition coefficient (Wildman–Crippen LogP) is 3.52. The van der Waals surface area contributed by atoms with Crippen molar-refractivity contribution in [3.8, 4) is 0 Å². The van der Waals surface area contributed by atoms with Crippen molar-refractivity contribution in [1.82, 2.24) is 10.2 Å². The van der Waals surface area contributed by atoms with Crippen molar-refractivity contribution in [2.75, 3.05) is 14.1 Å². The van der Waals surface area contributed by atoms with Gasteiger partial charge in [-0.05, 0) is 51.1 Å². The molecule has 0 aliphatic heterocycles. The number of hydrogen-bond acceptors (Lipinski definition) is 2. The molecule has 1 aliphatic rings. The maximum Gasteiger partial charge on any atom is 0.0254 e. The van der Waals surface area contributed by atoms with Gasteiger partial charge in [0.2, 0.25) is 0 Å². The molecule has 0 aromatic rings. The number of likely N-dealkylation sites (N-methyl/N-ethyl adjacent to an activating group) is 2. The highest BCUT2D eigenvalue weighted by Gasteiger charge is 2.39. The molecule has 3 unspecified atom stereocenters. The third kappa shape index (κ3) is 3.71. The Bertz CT molecular complexity index is 265. The largest absolute Gasteiger partial charge is 0.315 e. The maximum atomic E-state index is 3.54. The van der Waals surface area contributed by atoms with Crippen LogP contribution in [0.3, 0.4) is 0 Å². The van der Waals surface area contributed by atoms with E-state index in [1.54, 1.807) is 0 Å². The SMILES string of the molecule is CNC1CCC(C)(C)CC1N(C)C(C)C(C)(C)C. The summed E-state index contributed by atoms with van der Waals surface area (Å²) in [5.74, 6) is 0. The summed E-state index contributed by atoms with van der Waals surface area (Å²) < 4.78 is 0. The average molecular weight is 254 g/mol. The van der Waals surface area contributed by atoms with Crippen LogP contribution in [0.5, 0.6) is 0 Å². The molecule has 1 saturated carbocycles. The van der Waals surface area contributed by atoms with Gasteiger partial charge in [0, 0.05) is 18.1 Å². The van der Waals surface area contributed by atoms with Crippen molar-refractivity contribution in [1.29, 1.82) is 0 Å². The van der Waals surface area contributed by atoms with Gasteiger partial charge in [-0.2, -0.15) is 0 Å². The highest BCUT2D eigenvalue weighted by molar-refractivity contribution is 4.95. The summed E-state index contributed by atoms with van der Waals surface area (Å²) in [4.78, 5) is 2.61. The predicted molar refractivity (Wildman–Crippen MR) is 80.9 cm³/mol. The van der Waals surface area contributed by atoms with Crippen molar-refractivity contribution in [2.45, 2.75) is 78.9 Å². The van der Waals surface area contributed by atoms with E-state index in [1.165, 1.54) is 19.3 Å². The Kier molecular flexibility index (Phi) is 4.88. The lowest BCUT2D eigenvalue weighted by Gasteiger charge is -2.49. The first-order chi connectivity index (χ1) is 8.08. The molecule has 2 heteroatoms. The topological polar surface area (TPSA) is 15.3 Å². The van der Waals surface area contributed by atoms with E-state index < -0.39 is 0 Å². The monoisotopic (exact) mass is 254 g/mol. The maximum absolute atomic E-state index is 3.54. The molecule has 1 N–H and O–H groups in total. The van der Waals surface area contributed by atoms with E-state index in [0.29, 0.717) is 29.0 Å². The van der Waals surface area contributed by atoms with Crippen molar-refractivity contribution in [2.24, 2.45) is 10.8 Å². The molecule has 0 heterocycles. The third-order valence-electron chi connectivity index (χ3n) is 5.12. The Morgan fingerprint density at radius 2 is 1.83 bits per heavy atom. The molecule has 0 saturated heterocycles. The van der Waals surface area contributed by atoms with Gasteiger partial charge in [-0.1, -0.05) is 34.6 Å². The molecule has 0 radical (unpaired) electrons. The standard InChI is InChI=1S/C16H34N2/c1-12(15(2,3)4)18(8)14-11-16(5,6)10-9-13(14)17-7/h12-14,17H,9-11H2,1-8H3. The van der Waals surface area contributed by atoms with E-state index in [1.807, 2.05) is 0 Å². The fourth-order valence-corrected chi connectivity index (χ4v) is 3.21. The Morgan fingerprint density at radius 1 is 1.28 bits per heavy atom. The molecule has 1 aliphatic carbocycles. The summed E-state index contributed by atoms with van der Waals surface area (Å²) in [5.41, 5.74) is 0.832. The molecule has 0 bridgehead atoms. The normalized spacial score (nSPS) is 30.5. The van der Waals surface area contributed by atoms with Crippen molar-refractivity contribution in [3.63, 3.8) is 0 Å². The fourth-order valence-electron chi connectivity index (χ4n) is 3.21. The number of nitrogens with one attached hydrogen (secondary N) is 1. The van der Waals surface area contributed by atoms with Gasteiger partial charge in [-0.3, -0.25) is 4.90 Å². The molecular weight excluding hydrogens is 220 g/mol. The summed E-state index contributed by atoms with van der Waals surface area (Å²) in [6.45, 7) is 14.2. The number of nitrogens with zero attached hydrogens (tertiary/aromatic N) is 1. The number of rotatable bonds is 3. The van der Waals surface area contributed by atoms with Crippen molar-refractivity contribution in [3.05, 3.63) is 0 Å². The minimum absolute atomic E-state index is 0.342. The van der Waals surface area contributed by atoms with Crippen molar-refractivity contribution >= 4 is 0 Å². The Labute approximate surface area is 115 Å². The molecule has 18 heavy (non-hydrogen) atoms. The average Bonchev–Trinajstić information content (AvgIpc) is 2.24. The van der Waals surface area contributed by atoms with Crippen molar-refractivity contribution < 1.29 is 0 Å². The van der Waals surface area contributed by atoms with Crippen LogP contribution in [-0.2, 0) is 0 Å². The van der Waals surface area contributed by atoms with Crippen LogP contribution < -0.4 is 5.32 Å². The zero-order valence-corrected chi connectivity index (χ0v) is 13.8. The second-order valence-corrected chi connectivity index (χ2v) is 8.08. The van der Waals surface area contributed by atoms with Crippen LogP contribution >= 0.6 is 0 Å². The molecule has 0 aromatic carbocycles. The Morgan fingerprint density at radius 3 is 2.28 bits per heavy atom. The molecule has 1 rings (SSSR count). The summed E-state index contributed by atoms with van der Waals surface area (Å²) >= 11 is 0. The fraction of sp³-hybridized carbons (Fsp3) is 1.00. The third-order valence-corrected chi connectivity index (χ3v) is 5.12. The van der Waals surface area contributed by atoms with Gasteiger partial charge < -0.3 is 5.32 Å². The number of hydrogen-bond donors (Lipinski definition) is 1. The summed E-state index contributed by atoms with van der Waals surface area (Å²) in [6, 6.07) is 1.91. The molecule has 1 fully saturated rings. The van der Waals surface area contributed by atoms with Gasteiger partial charge in [-0.15, -0.1) is 0 Å². The lowest BCUT2D eigenvalue weighted by Crippen LogP contribution is -2.57. The highest BCUT2D eigenvalue weighted by atomic mass is 15.2. The second-order valence-electron chi connectivity index (χ2n) is 8.08. The van der Waals surface area contributed by atoms with Crippen LogP contribution in [0.25, 0.3) is 0 Å². The smallest absolute Gasteiger partial charge is 0.0254 e. The van der Waals surface area contributed by atoms with Gasteiger partial charge >= 0.3 is 0 Å². The van der Waals surface area contributed by atoms with E-state index in [2.05, 4.69) is 65.9 Å². The minimum Gasteiger partial charge on any atom is -0.315 e. The molecule has 0 spiro atoms. The molecule has 0 aromatic heterocycles. The zero-order chi connectivity index (χ0) is 14.1. The van der Waals surface area contributed by atoms with E-state index >= 15 is 0 Å². The first kappa shape index (κ1) is 16.0. The lowest BCUT2D eigenvalue weighted by atomic mass is 9.71. The van der Waals surface area contributed by atoms with E-state index in [0.717, 1.165) is 0 Å². The summed E-state index contributed by atoms with van der Waals surface area (Å²) in [5, 5.41) is 3.54. The summed E-state index contributed by atoms with van der Waals surface area (Å²) in [7, 11) is 4.43. The molecule has 108 valence electrons. The quantitative estimate of drug-likeness (QED) is 0.829. The van der Waals surface area contributed by atoms with Gasteiger partial charge in [0.25, 0.3) is 0 Å². The van der Waals surface area contributed by atoms with Gasteiger partial charge in [0.05, 0.1) is 0 Å². The lowest BCUT2D eigenvalue weighted by molar-refractivity contribution is 0.0270. The van der Waals surface area contributed by atoms with Crippen LogP contribution in [0.4, 0.5) is 0 Å². The summed E-state index contributed by atoms with van der Waals surface area (Å²) in [6.07, 6.45) is 3.94. The highest BCUT2D eigenvalue weighted by Crippen LogP contribution is 2.39. The van der Waals surface area contributed by atoms with Gasteiger partial charge in [0.1, 0.15) is 0 Å². The minimum atomic E-state index is 0.342. The van der Waals surface area contributed by atoms with Crippen LogP contribution in [0.1, 0.15) is 60.8 Å². The van der Waals surface area contributed by atoms with Gasteiger partial charge in [-0.25, -0.2) is 0 Å². The molecule has 3 atom stereocenters. The van der Waals surface area contributed by atoms with E-state index in [-0.39, 0.29) is 0 Å².